The molecule has 0 radical (unpaired) electrons. The van der Waals surface area contributed by atoms with Crippen molar-refractivity contribution in [3.05, 3.63) is 69.7 Å². The predicted octanol–water partition coefficient (Wildman–Crippen LogP) is 5.41. The number of hydrogen-bond acceptors (Lipinski definition) is 1. The van der Waals surface area contributed by atoms with Crippen molar-refractivity contribution in [2.75, 3.05) is 7.05 Å². The van der Waals surface area contributed by atoms with E-state index < -0.39 is 0 Å². The van der Waals surface area contributed by atoms with E-state index in [1.165, 1.54) is 22.3 Å². The lowest BCUT2D eigenvalue weighted by Crippen LogP contribution is -2.24. The summed E-state index contributed by atoms with van der Waals surface area (Å²) in [5.74, 6) is 0.413. The Morgan fingerprint density at radius 3 is 2.24 bits per heavy atom. The van der Waals surface area contributed by atoms with Crippen LogP contribution in [0.15, 0.2) is 42.5 Å². The van der Waals surface area contributed by atoms with Gasteiger partial charge in [0.1, 0.15) is 0 Å². The lowest BCUT2D eigenvalue weighted by Gasteiger charge is -2.28. The molecule has 0 aliphatic heterocycles. The van der Waals surface area contributed by atoms with Crippen LogP contribution in [0.5, 0.6) is 0 Å². The van der Waals surface area contributed by atoms with Crippen molar-refractivity contribution in [3.8, 4) is 0 Å². The van der Waals surface area contributed by atoms with Crippen LogP contribution in [0.4, 0.5) is 0 Å². The van der Waals surface area contributed by atoms with Gasteiger partial charge in [-0.2, -0.15) is 0 Å². The Hall–Kier alpha value is -1.31. The van der Waals surface area contributed by atoms with Gasteiger partial charge in [-0.1, -0.05) is 54.9 Å². The van der Waals surface area contributed by atoms with Crippen molar-refractivity contribution >= 4 is 11.6 Å². The summed E-state index contributed by atoms with van der Waals surface area (Å²) in [4.78, 5) is 0. The Morgan fingerprint density at radius 2 is 1.67 bits per heavy atom. The van der Waals surface area contributed by atoms with Gasteiger partial charge < -0.3 is 5.32 Å². The highest BCUT2D eigenvalue weighted by atomic mass is 35.5. The van der Waals surface area contributed by atoms with E-state index in [1.54, 1.807) is 0 Å². The van der Waals surface area contributed by atoms with Gasteiger partial charge in [-0.15, -0.1) is 0 Å². The molecular formula is C19H24ClN. The van der Waals surface area contributed by atoms with Crippen LogP contribution in [0.25, 0.3) is 0 Å². The summed E-state index contributed by atoms with van der Waals surface area (Å²) >= 11 is 6.52. The molecule has 0 aliphatic carbocycles. The molecule has 2 heteroatoms. The van der Waals surface area contributed by atoms with Crippen LogP contribution in [0.2, 0.25) is 5.02 Å². The normalized spacial score (nSPS) is 14.0. The number of rotatable bonds is 5. The van der Waals surface area contributed by atoms with Gasteiger partial charge >= 0.3 is 0 Å². The molecule has 0 spiro atoms. The topological polar surface area (TPSA) is 12.0 Å². The van der Waals surface area contributed by atoms with E-state index in [0.717, 1.165) is 11.4 Å². The molecule has 0 saturated heterocycles. The largest absolute Gasteiger partial charge is 0.312 e. The first-order valence-corrected chi connectivity index (χ1v) is 7.95. The van der Waals surface area contributed by atoms with Crippen molar-refractivity contribution in [1.82, 2.24) is 5.32 Å². The van der Waals surface area contributed by atoms with Gasteiger partial charge in [0, 0.05) is 17.0 Å². The first kappa shape index (κ1) is 16.1. The molecule has 1 N–H and O–H groups in total. The summed E-state index contributed by atoms with van der Waals surface area (Å²) in [7, 11) is 2.02. The first-order valence-electron chi connectivity index (χ1n) is 7.57. The number of hydrogen-bond donors (Lipinski definition) is 1. The SMILES string of the molecule is CCC(c1ccccc1)C(NC)c1cc(C)c(C)cc1Cl. The number of aryl methyl sites for hydroxylation is 2. The Balaban J connectivity index is 2.45. The fourth-order valence-electron chi connectivity index (χ4n) is 2.98. The summed E-state index contributed by atoms with van der Waals surface area (Å²) in [6.45, 7) is 6.48. The third kappa shape index (κ3) is 3.48. The molecule has 0 aromatic heterocycles. The van der Waals surface area contributed by atoms with Crippen LogP contribution in [-0.2, 0) is 0 Å². The number of likely N-dealkylation sites (N-methyl/N-ethyl adjacent to an activating group) is 1. The molecule has 0 aliphatic rings. The Bertz CT molecular complexity index is 592. The van der Waals surface area contributed by atoms with E-state index in [-0.39, 0.29) is 6.04 Å². The standard InChI is InChI=1S/C19H24ClN/c1-5-16(15-9-7-6-8-10-15)19(21-4)17-11-13(2)14(3)12-18(17)20/h6-12,16,19,21H,5H2,1-4H3. The van der Waals surface area contributed by atoms with Crippen LogP contribution in [0, 0.1) is 13.8 Å². The average Bonchev–Trinajstić information content (AvgIpc) is 2.50. The average molecular weight is 302 g/mol. The van der Waals surface area contributed by atoms with Gasteiger partial charge in [-0.25, -0.2) is 0 Å². The van der Waals surface area contributed by atoms with Crippen LogP contribution in [0.3, 0.4) is 0 Å². The minimum atomic E-state index is 0.226. The van der Waals surface area contributed by atoms with Crippen LogP contribution < -0.4 is 5.32 Å². The maximum atomic E-state index is 6.52. The van der Waals surface area contributed by atoms with Gasteiger partial charge in [-0.05, 0) is 55.6 Å². The fraction of sp³-hybridized carbons (Fsp3) is 0.368. The monoisotopic (exact) mass is 301 g/mol. The van der Waals surface area contributed by atoms with Crippen molar-refractivity contribution < 1.29 is 0 Å². The molecule has 1 nitrogen and oxygen atoms in total. The molecule has 112 valence electrons. The smallest absolute Gasteiger partial charge is 0.0456 e. The molecule has 2 rings (SSSR count). The summed E-state index contributed by atoms with van der Waals surface area (Å²) in [6.07, 6.45) is 1.07. The van der Waals surface area contributed by atoms with Crippen molar-refractivity contribution in [2.45, 2.75) is 39.2 Å². The Morgan fingerprint density at radius 1 is 1.05 bits per heavy atom. The second-order valence-electron chi connectivity index (χ2n) is 5.65. The van der Waals surface area contributed by atoms with Crippen LogP contribution in [0.1, 0.15) is 47.6 Å². The predicted molar refractivity (Wildman–Crippen MR) is 92.2 cm³/mol. The molecular weight excluding hydrogens is 278 g/mol. The summed E-state index contributed by atoms with van der Waals surface area (Å²) in [5.41, 5.74) is 5.08. The third-order valence-electron chi connectivity index (χ3n) is 4.33. The Kier molecular flexibility index (Phi) is 5.44. The minimum Gasteiger partial charge on any atom is -0.312 e. The maximum Gasteiger partial charge on any atom is 0.0456 e. The van der Waals surface area contributed by atoms with Gasteiger partial charge in [-0.3, -0.25) is 0 Å². The molecule has 0 amide bonds. The molecule has 2 aromatic rings. The lowest BCUT2D eigenvalue weighted by molar-refractivity contribution is 0.468. The highest BCUT2D eigenvalue weighted by Gasteiger charge is 2.24. The van der Waals surface area contributed by atoms with E-state index in [9.17, 15) is 0 Å². The molecule has 0 heterocycles. The highest BCUT2D eigenvalue weighted by Crippen LogP contribution is 2.37. The van der Waals surface area contributed by atoms with E-state index in [4.69, 9.17) is 11.6 Å². The van der Waals surface area contributed by atoms with E-state index in [2.05, 4.69) is 68.6 Å². The second kappa shape index (κ2) is 7.11. The first-order chi connectivity index (χ1) is 10.1. The van der Waals surface area contributed by atoms with Crippen molar-refractivity contribution in [3.63, 3.8) is 0 Å². The van der Waals surface area contributed by atoms with E-state index in [1.807, 2.05) is 7.05 Å². The molecule has 0 saturated carbocycles. The summed E-state index contributed by atoms with van der Waals surface area (Å²) in [6, 6.07) is 15.2. The third-order valence-corrected chi connectivity index (χ3v) is 4.66. The molecule has 2 aromatic carbocycles. The van der Waals surface area contributed by atoms with E-state index >= 15 is 0 Å². The van der Waals surface area contributed by atoms with Crippen LogP contribution in [-0.4, -0.2) is 7.05 Å². The molecule has 2 unspecified atom stereocenters. The highest BCUT2D eigenvalue weighted by molar-refractivity contribution is 6.31. The van der Waals surface area contributed by atoms with Gasteiger partial charge in [0.2, 0.25) is 0 Å². The summed E-state index contributed by atoms with van der Waals surface area (Å²) in [5, 5.41) is 4.32. The van der Waals surface area contributed by atoms with E-state index in [0.29, 0.717) is 5.92 Å². The molecule has 0 bridgehead atoms. The second-order valence-corrected chi connectivity index (χ2v) is 6.06. The minimum absolute atomic E-state index is 0.226. The van der Waals surface area contributed by atoms with Crippen molar-refractivity contribution in [2.24, 2.45) is 0 Å². The molecule has 0 fully saturated rings. The lowest BCUT2D eigenvalue weighted by atomic mass is 9.84. The zero-order valence-corrected chi connectivity index (χ0v) is 14.0. The Labute approximate surface area is 133 Å². The number of halogens is 1. The maximum absolute atomic E-state index is 6.52. The fourth-order valence-corrected chi connectivity index (χ4v) is 3.31. The quantitative estimate of drug-likeness (QED) is 0.778. The molecule has 21 heavy (non-hydrogen) atoms. The van der Waals surface area contributed by atoms with Crippen LogP contribution >= 0.6 is 11.6 Å². The number of benzene rings is 2. The van der Waals surface area contributed by atoms with Gasteiger partial charge in [0.05, 0.1) is 0 Å². The van der Waals surface area contributed by atoms with Crippen molar-refractivity contribution in [1.29, 1.82) is 0 Å². The summed E-state index contributed by atoms with van der Waals surface area (Å²) < 4.78 is 0. The zero-order valence-electron chi connectivity index (χ0n) is 13.3. The number of nitrogens with one attached hydrogen (secondary N) is 1. The van der Waals surface area contributed by atoms with Gasteiger partial charge in [0.15, 0.2) is 0 Å². The van der Waals surface area contributed by atoms with Gasteiger partial charge in [0.25, 0.3) is 0 Å². The zero-order chi connectivity index (χ0) is 15.4. The molecule has 2 atom stereocenters.